The first kappa shape index (κ1) is 10.9. The zero-order valence-corrected chi connectivity index (χ0v) is 9.58. The van der Waals surface area contributed by atoms with Crippen LogP contribution in [0, 0.1) is 0 Å². The molecule has 0 unspecified atom stereocenters. The van der Waals surface area contributed by atoms with E-state index in [1.54, 1.807) is 6.26 Å². The quantitative estimate of drug-likeness (QED) is 0.860. The summed E-state index contributed by atoms with van der Waals surface area (Å²) in [5.41, 5.74) is 0. The van der Waals surface area contributed by atoms with Gasteiger partial charge < -0.3 is 9.73 Å². The summed E-state index contributed by atoms with van der Waals surface area (Å²) in [4.78, 5) is 19.0. The Morgan fingerprint density at radius 2 is 2.25 bits per heavy atom. The number of carbonyl (C=O) groups is 1. The molecule has 6 heteroatoms. The van der Waals surface area contributed by atoms with Gasteiger partial charge in [0.1, 0.15) is 12.3 Å². The van der Waals surface area contributed by atoms with E-state index in [2.05, 4.69) is 15.3 Å². The molecule has 1 saturated heterocycles. The van der Waals surface area contributed by atoms with E-state index in [-0.39, 0.29) is 12.3 Å². The van der Waals surface area contributed by atoms with Gasteiger partial charge in [-0.25, -0.2) is 0 Å². The predicted molar refractivity (Wildman–Crippen MR) is 63.6 cm³/mol. The van der Waals surface area contributed by atoms with Gasteiger partial charge in [-0.15, -0.1) is 0 Å². The first-order valence-electron chi connectivity index (χ1n) is 4.79. The summed E-state index contributed by atoms with van der Waals surface area (Å²) in [6, 6.07) is 3.70. The number of nitrogens with zero attached hydrogens (tertiary/aromatic N) is 2. The van der Waals surface area contributed by atoms with E-state index in [9.17, 15) is 4.79 Å². The normalized spacial score (nSPS) is 19.6. The van der Waals surface area contributed by atoms with Crippen molar-refractivity contribution < 1.29 is 9.21 Å². The maximum atomic E-state index is 10.7. The van der Waals surface area contributed by atoms with Gasteiger partial charge in [-0.2, -0.15) is 0 Å². The lowest BCUT2D eigenvalue weighted by Crippen LogP contribution is -2.38. The van der Waals surface area contributed by atoms with Crippen molar-refractivity contribution in [2.24, 2.45) is 9.98 Å². The summed E-state index contributed by atoms with van der Waals surface area (Å²) in [5, 5.41) is 4.51. The third-order valence-corrected chi connectivity index (χ3v) is 2.66. The Bertz CT molecular complexity index is 427. The van der Waals surface area contributed by atoms with E-state index in [1.807, 2.05) is 12.1 Å². The Balaban J connectivity index is 1.77. The molecule has 5 nitrogen and oxygen atoms in total. The van der Waals surface area contributed by atoms with Crippen molar-refractivity contribution >= 4 is 27.9 Å². The van der Waals surface area contributed by atoms with Gasteiger partial charge in [0.15, 0.2) is 16.1 Å². The molecule has 16 heavy (non-hydrogen) atoms. The lowest BCUT2D eigenvalue weighted by molar-refractivity contribution is -0.115. The molecule has 1 aromatic rings. The summed E-state index contributed by atoms with van der Waals surface area (Å²) < 4.78 is 5.14. The van der Waals surface area contributed by atoms with Crippen LogP contribution in [0.25, 0.3) is 0 Å². The highest BCUT2D eigenvalue weighted by atomic mass is 32.2. The second-order valence-electron chi connectivity index (χ2n) is 3.25. The molecule has 0 atom stereocenters. The SMILES string of the molecule is CC(=O)CN=C1NC(=NCc2ccco2)S1. The van der Waals surface area contributed by atoms with Crippen LogP contribution in [0.4, 0.5) is 0 Å². The molecular formula is C10H11N3O2S. The van der Waals surface area contributed by atoms with E-state index >= 15 is 0 Å². The molecule has 0 saturated carbocycles. The number of hydrogen-bond donors (Lipinski definition) is 1. The van der Waals surface area contributed by atoms with Crippen LogP contribution in [-0.2, 0) is 11.3 Å². The zero-order valence-electron chi connectivity index (χ0n) is 8.77. The van der Waals surface area contributed by atoms with Gasteiger partial charge in [0.05, 0.1) is 12.8 Å². The standard InChI is InChI=1S/C10H11N3O2S/c1-7(14)5-11-9-13-10(16-9)12-6-8-3-2-4-15-8/h2-4H,5-6H2,1H3,(H,11,12,13). The van der Waals surface area contributed by atoms with Crippen molar-refractivity contribution in [3.8, 4) is 0 Å². The van der Waals surface area contributed by atoms with Gasteiger partial charge in [-0.3, -0.25) is 14.8 Å². The Kier molecular flexibility index (Phi) is 3.40. The van der Waals surface area contributed by atoms with Gasteiger partial charge in [0.2, 0.25) is 0 Å². The number of thioether (sulfide) groups is 1. The van der Waals surface area contributed by atoms with Gasteiger partial charge in [-0.1, -0.05) is 0 Å². The maximum Gasteiger partial charge on any atom is 0.170 e. The minimum atomic E-state index is 0.0517. The molecule has 0 spiro atoms. The van der Waals surface area contributed by atoms with Crippen LogP contribution >= 0.6 is 11.8 Å². The number of hydrogen-bond acceptors (Lipinski definition) is 5. The molecule has 0 aromatic carbocycles. The third-order valence-electron chi connectivity index (χ3n) is 1.81. The van der Waals surface area contributed by atoms with Crippen molar-refractivity contribution in [3.63, 3.8) is 0 Å². The minimum Gasteiger partial charge on any atom is -0.467 e. The van der Waals surface area contributed by atoms with E-state index in [4.69, 9.17) is 4.42 Å². The largest absolute Gasteiger partial charge is 0.467 e. The fourth-order valence-corrected chi connectivity index (χ4v) is 1.65. The summed E-state index contributed by atoms with van der Waals surface area (Å²) in [5.74, 6) is 0.875. The molecule has 2 heterocycles. The molecule has 84 valence electrons. The Morgan fingerprint density at radius 3 is 2.88 bits per heavy atom. The van der Waals surface area contributed by atoms with E-state index in [0.29, 0.717) is 6.54 Å². The number of ketones is 1. The second kappa shape index (κ2) is 4.98. The maximum absolute atomic E-state index is 10.7. The highest BCUT2D eigenvalue weighted by molar-refractivity contribution is 8.29. The van der Waals surface area contributed by atoms with Crippen LogP contribution in [0.2, 0.25) is 0 Å². The lowest BCUT2D eigenvalue weighted by Gasteiger charge is -2.19. The number of furan rings is 1. The van der Waals surface area contributed by atoms with Crippen molar-refractivity contribution in [3.05, 3.63) is 24.2 Å². The second-order valence-corrected chi connectivity index (χ2v) is 4.23. The molecule has 0 amide bonds. The zero-order chi connectivity index (χ0) is 11.4. The topological polar surface area (TPSA) is 67.0 Å². The molecule has 2 rings (SSSR count). The molecule has 0 bridgehead atoms. The Labute approximate surface area is 97.0 Å². The first-order valence-corrected chi connectivity index (χ1v) is 5.61. The number of rotatable bonds is 4. The molecule has 1 fully saturated rings. The van der Waals surface area contributed by atoms with E-state index in [0.717, 1.165) is 16.1 Å². The molecule has 1 aliphatic rings. The van der Waals surface area contributed by atoms with Crippen molar-refractivity contribution in [1.29, 1.82) is 0 Å². The molecule has 1 aliphatic heterocycles. The van der Waals surface area contributed by atoms with Gasteiger partial charge >= 0.3 is 0 Å². The van der Waals surface area contributed by atoms with Crippen LogP contribution in [0.15, 0.2) is 32.8 Å². The molecule has 1 aromatic heterocycles. The number of Topliss-reactive ketones (excluding diaryl/α,β-unsaturated/α-hetero) is 1. The minimum absolute atomic E-state index is 0.0517. The van der Waals surface area contributed by atoms with Crippen molar-refractivity contribution in [1.82, 2.24) is 5.32 Å². The van der Waals surface area contributed by atoms with Gasteiger partial charge in [-0.05, 0) is 30.8 Å². The van der Waals surface area contributed by atoms with Gasteiger partial charge in [0.25, 0.3) is 0 Å². The van der Waals surface area contributed by atoms with Crippen LogP contribution in [0.5, 0.6) is 0 Å². The summed E-state index contributed by atoms with van der Waals surface area (Å²) in [7, 11) is 0. The van der Waals surface area contributed by atoms with Crippen LogP contribution in [0.3, 0.4) is 0 Å². The fraction of sp³-hybridized carbons (Fsp3) is 0.300. The first-order chi connectivity index (χ1) is 7.74. The predicted octanol–water partition coefficient (Wildman–Crippen LogP) is 1.42. The molecule has 0 aliphatic carbocycles. The highest BCUT2D eigenvalue weighted by Crippen LogP contribution is 2.15. The number of aliphatic imine (C=N–C) groups is 2. The monoisotopic (exact) mass is 237 g/mol. The summed E-state index contributed by atoms with van der Waals surface area (Å²) >= 11 is 1.43. The smallest absolute Gasteiger partial charge is 0.170 e. The van der Waals surface area contributed by atoms with Crippen LogP contribution in [0.1, 0.15) is 12.7 Å². The van der Waals surface area contributed by atoms with E-state index < -0.39 is 0 Å². The van der Waals surface area contributed by atoms with E-state index in [1.165, 1.54) is 18.7 Å². The molecule has 1 N–H and O–H groups in total. The van der Waals surface area contributed by atoms with Crippen LogP contribution in [-0.4, -0.2) is 22.7 Å². The number of amidine groups is 2. The number of carbonyl (C=O) groups excluding carboxylic acids is 1. The summed E-state index contributed by atoms with van der Waals surface area (Å²) in [6.45, 7) is 2.25. The van der Waals surface area contributed by atoms with Crippen molar-refractivity contribution in [2.45, 2.75) is 13.5 Å². The average molecular weight is 237 g/mol. The Morgan fingerprint density at radius 1 is 1.50 bits per heavy atom. The molecular weight excluding hydrogens is 226 g/mol. The summed E-state index contributed by atoms with van der Waals surface area (Å²) in [6.07, 6.45) is 1.62. The van der Waals surface area contributed by atoms with Gasteiger partial charge in [0, 0.05) is 0 Å². The van der Waals surface area contributed by atoms with Crippen LogP contribution < -0.4 is 5.32 Å². The highest BCUT2D eigenvalue weighted by Gasteiger charge is 2.19. The number of nitrogens with one attached hydrogen (secondary N) is 1. The average Bonchev–Trinajstić information content (AvgIpc) is 2.66. The molecule has 0 radical (unpaired) electrons. The Hall–Kier alpha value is -1.56. The fourth-order valence-electron chi connectivity index (χ4n) is 1.07. The lowest BCUT2D eigenvalue weighted by atomic mass is 10.5. The van der Waals surface area contributed by atoms with Crippen molar-refractivity contribution in [2.75, 3.05) is 6.54 Å². The third kappa shape index (κ3) is 2.96.